The fourth-order valence-electron chi connectivity index (χ4n) is 1.25. The van der Waals surface area contributed by atoms with Crippen molar-refractivity contribution in [2.45, 2.75) is 13.3 Å². The van der Waals surface area contributed by atoms with Crippen LogP contribution < -0.4 is 0 Å². The van der Waals surface area contributed by atoms with Crippen molar-refractivity contribution in [3.63, 3.8) is 0 Å². The van der Waals surface area contributed by atoms with Crippen molar-refractivity contribution < 1.29 is 20.1 Å². The molecule has 0 spiro atoms. The molecule has 2 rings (SSSR count). The van der Waals surface area contributed by atoms with Crippen LogP contribution >= 0.6 is 0 Å². The molecule has 5 heteroatoms. The van der Waals surface area contributed by atoms with E-state index in [0.717, 1.165) is 11.4 Å². The van der Waals surface area contributed by atoms with Gasteiger partial charge in [0.1, 0.15) is 0 Å². The first-order valence-electron chi connectivity index (χ1n) is 4.57. The number of aryl methyl sites for hydroxylation is 1. The Labute approximate surface area is 107 Å². The molecule has 16 heavy (non-hydrogen) atoms. The van der Waals surface area contributed by atoms with Gasteiger partial charge < -0.3 is 4.68 Å². The van der Waals surface area contributed by atoms with E-state index in [-0.39, 0.29) is 20.1 Å². The maximum Gasteiger partial charge on any atom is 0.0762 e. The van der Waals surface area contributed by atoms with Crippen LogP contribution in [0.2, 0.25) is 0 Å². The van der Waals surface area contributed by atoms with E-state index in [2.05, 4.69) is 22.3 Å². The van der Waals surface area contributed by atoms with E-state index in [9.17, 15) is 0 Å². The Kier molecular flexibility index (Phi) is 4.36. The molecule has 0 aromatic carbocycles. The van der Waals surface area contributed by atoms with Crippen LogP contribution in [0.3, 0.4) is 0 Å². The van der Waals surface area contributed by atoms with Crippen LogP contribution in [0.25, 0.3) is 5.82 Å². The quantitative estimate of drug-likeness (QED) is 0.731. The largest absolute Gasteiger partial charge is 0.343 e. The molecule has 83 valence electrons. The maximum atomic E-state index is 8.57. The second kappa shape index (κ2) is 5.55. The van der Waals surface area contributed by atoms with Gasteiger partial charge in [-0.1, -0.05) is 25.3 Å². The van der Waals surface area contributed by atoms with E-state index in [0.29, 0.717) is 12.2 Å². The molecule has 0 fully saturated rings. The van der Waals surface area contributed by atoms with Gasteiger partial charge in [-0.2, -0.15) is 5.26 Å². The second-order valence-electron chi connectivity index (χ2n) is 3.15. The van der Waals surface area contributed by atoms with E-state index >= 15 is 0 Å². The first kappa shape index (κ1) is 12.6. The molecule has 0 aliphatic heterocycles. The third-order valence-electron chi connectivity index (χ3n) is 1.92. The van der Waals surface area contributed by atoms with Crippen molar-refractivity contribution in [3.05, 3.63) is 41.9 Å². The van der Waals surface area contributed by atoms with Crippen molar-refractivity contribution in [2.75, 3.05) is 0 Å². The van der Waals surface area contributed by atoms with Crippen molar-refractivity contribution in [3.8, 4) is 11.9 Å². The van der Waals surface area contributed by atoms with Crippen molar-refractivity contribution in [1.29, 1.82) is 5.26 Å². The second-order valence-corrected chi connectivity index (χ2v) is 3.15. The zero-order valence-electron chi connectivity index (χ0n) is 8.64. The summed E-state index contributed by atoms with van der Waals surface area (Å²) in [6, 6.07) is 9.38. The van der Waals surface area contributed by atoms with E-state index in [4.69, 9.17) is 5.26 Å². The van der Waals surface area contributed by atoms with E-state index in [1.165, 1.54) is 0 Å². The van der Waals surface area contributed by atoms with E-state index in [1.54, 1.807) is 10.7 Å². The number of hydrogen-bond acceptors (Lipinski definition) is 3. The van der Waals surface area contributed by atoms with Crippen LogP contribution in [0, 0.1) is 24.5 Å². The number of nitriles is 1. The van der Waals surface area contributed by atoms with Crippen LogP contribution in [0.15, 0.2) is 24.3 Å². The Morgan fingerprint density at radius 2 is 2.31 bits per heavy atom. The minimum absolute atomic E-state index is 0. The monoisotopic (exact) mass is 390 g/mol. The van der Waals surface area contributed by atoms with Crippen LogP contribution in [-0.4, -0.2) is 14.8 Å². The fourth-order valence-corrected chi connectivity index (χ4v) is 1.25. The predicted octanol–water partition coefficient (Wildman–Crippen LogP) is 1.44. The minimum atomic E-state index is 0. The fraction of sp³-hybridized carbons (Fsp3) is 0.182. The molecule has 0 saturated carbocycles. The van der Waals surface area contributed by atoms with E-state index in [1.807, 2.05) is 25.1 Å². The van der Waals surface area contributed by atoms with Crippen LogP contribution in [0.4, 0.5) is 0 Å². The summed E-state index contributed by atoms with van der Waals surface area (Å²) in [5, 5.41) is 12.8. The third-order valence-corrected chi connectivity index (χ3v) is 1.92. The van der Waals surface area contributed by atoms with Crippen LogP contribution in [0.5, 0.6) is 0 Å². The van der Waals surface area contributed by atoms with Crippen molar-refractivity contribution >= 4 is 0 Å². The number of nitrogens with zero attached hydrogens (tertiary/aromatic N) is 4. The first-order chi connectivity index (χ1) is 7.29. The summed E-state index contributed by atoms with van der Waals surface area (Å²) in [6.45, 7) is 1.89. The Hall–Kier alpha value is -1.50. The Morgan fingerprint density at radius 3 is 2.94 bits per heavy atom. The summed E-state index contributed by atoms with van der Waals surface area (Å²) in [6.07, 6.45) is 3.26. The van der Waals surface area contributed by atoms with Crippen LogP contribution in [-0.2, 0) is 26.5 Å². The molecule has 2 aromatic rings. The molecule has 0 aliphatic carbocycles. The zero-order valence-corrected chi connectivity index (χ0v) is 11.0. The Bertz CT molecular complexity index is 513. The third kappa shape index (κ3) is 2.75. The number of pyridine rings is 1. The Balaban J connectivity index is 0.00000128. The average Bonchev–Trinajstić information content (AvgIpc) is 2.66. The minimum Gasteiger partial charge on any atom is -0.343 e. The molecular formula is C11H9IrN4-. The van der Waals surface area contributed by atoms with Gasteiger partial charge in [0.2, 0.25) is 0 Å². The van der Waals surface area contributed by atoms with Gasteiger partial charge in [0.25, 0.3) is 0 Å². The van der Waals surface area contributed by atoms with Gasteiger partial charge in [-0.15, -0.1) is 6.07 Å². The number of hydrogen-bond donors (Lipinski definition) is 0. The zero-order chi connectivity index (χ0) is 10.7. The summed E-state index contributed by atoms with van der Waals surface area (Å²) >= 11 is 0. The van der Waals surface area contributed by atoms with Gasteiger partial charge >= 0.3 is 0 Å². The summed E-state index contributed by atoms with van der Waals surface area (Å²) in [4.78, 5) is 4.29. The molecule has 2 aromatic heterocycles. The Morgan fingerprint density at radius 1 is 1.50 bits per heavy atom. The van der Waals surface area contributed by atoms with Crippen molar-refractivity contribution in [2.24, 2.45) is 0 Å². The molecule has 0 atom stereocenters. The average molecular weight is 389 g/mol. The van der Waals surface area contributed by atoms with Crippen LogP contribution in [0.1, 0.15) is 11.4 Å². The van der Waals surface area contributed by atoms with Gasteiger partial charge in [0.15, 0.2) is 0 Å². The van der Waals surface area contributed by atoms with Gasteiger partial charge in [-0.3, -0.25) is 10.1 Å². The topological polar surface area (TPSA) is 54.5 Å². The molecule has 0 amide bonds. The normalized spacial score (nSPS) is 9.25. The van der Waals surface area contributed by atoms with Crippen molar-refractivity contribution in [1.82, 2.24) is 14.8 Å². The number of rotatable bonds is 2. The molecular weight excluding hydrogens is 380 g/mol. The molecule has 2 heterocycles. The molecule has 0 aliphatic rings. The van der Waals surface area contributed by atoms with Gasteiger partial charge in [0.05, 0.1) is 18.3 Å². The summed E-state index contributed by atoms with van der Waals surface area (Å²) < 4.78 is 1.58. The van der Waals surface area contributed by atoms with Gasteiger partial charge in [-0.25, -0.2) is 0 Å². The molecule has 1 radical (unpaired) electrons. The number of aromatic nitrogens is 3. The predicted molar refractivity (Wildman–Crippen MR) is 54.2 cm³/mol. The van der Waals surface area contributed by atoms with E-state index < -0.39 is 0 Å². The van der Waals surface area contributed by atoms with Gasteiger partial charge in [0, 0.05) is 25.8 Å². The molecule has 0 bridgehead atoms. The smallest absolute Gasteiger partial charge is 0.0762 e. The SMILES string of the molecule is Cc1c[c-]n(-c2cccc(CC#N)n2)n1.[Ir]. The summed E-state index contributed by atoms with van der Waals surface area (Å²) in [5.74, 6) is 0.691. The molecule has 4 nitrogen and oxygen atoms in total. The first-order valence-corrected chi connectivity index (χ1v) is 4.57. The summed E-state index contributed by atoms with van der Waals surface area (Å²) in [7, 11) is 0. The molecule has 0 N–H and O–H groups in total. The maximum absolute atomic E-state index is 8.57. The standard InChI is InChI=1S/C11H9N4.Ir/c1-9-6-8-15(14-9)11-4-2-3-10(13-11)5-7-12;/h2-4,6H,5H2,1H3;/q-1;. The summed E-state index contributed by atoms with van der Waals surface area (Å²) in [5.41, 5.74) is 1.64. The molecule has 0 unspecified atom stereocenters. The van der Waals surface area contributed by atoms with Gasteiger partial charge in [-0.05, 0) is 11.8 Å². The molecule has 0 saturated heterocycles.